The number of rotatable bonds is 0. The summed E-state index contributed by atoms with van der Waals surface area (Å²) in [5, 5.41) is 3.27. The van der Waals surface area contributed by atoms with Crippen molar-refractivity contribution in [2.24, 2.45) is 0 Å². The third-order valence-corrected chi connectivity index (χ3v) is 2.17. The molecule has 1 aliphatic carbocycles. The Labute approximate surface area is 59.7 Å². The average Bonchev–Trinajstić information content (AvgIpc) is 2.27. The number of carbonyl (C=O) groups excluding carboxylic acids is 1. The summed E-state index contributed by atoms with van der Waals surface area (Å²) in [4.78, 5) is 10.9. The Morgan fingerprint density at radius 3 is 3.20 bits per heavy atom. The van der Waals surface area contributed by atoms with Crippen molar-refractivity contribution in [1.82, 2.24) is 5.32 Å². The molecule has 56 valence electrons. The normalized spacial score (nSPS) is 39.8. The van der Waals surface area contributed by atoms with Crippen LogP contribution in [0.4, 0.5) is 0 Å². The van der Waals surface area contributed by atoms with Crippen LogP contribution in [0.25, 0.3) is 0 Å². The Morgan fingerprint density at radius 1 is 1.50 bits per heavy atom. The van der Waals surface area contributed by atoms with Crippen molar-refractivity contribution in [2.75, 3.05) is 13.2 Å². The first-order valence-corrected chi connectivity index (χ1v) is 3.73. The summed E-state index contributed by atoms with van der Waals surface area (Å²) in [6.07, 6.45) is 1.48. The molecule has 1 saturated carbocycles. The van der Waals surface area contributed by atoms with Crippen molar-refractivity contribution in [3.63, 3.8) is 0 Å². The number of nitrogens with one attached hydrogen (secondary N) is 1. The van der Waals surface area contributed by atoms with E-state index in [1.54, 1.807) is 0 Å². The van der Waals surface area contributed by atoms with Crippen molar-refractivity contribution in [3.8, 4) is 0 Å². The van der Waals surface area contributed by atoms with Crippen LogP contribution in [0, 0.1) is 0 Å². The van der Waals surface area contributed by atoms with Gasteiger partial charge in [0.25, 0.3) is 0 Å². The van der Waals surface area contributed by atoms with E-state index in [1.165, 1.54) is 0 Å². The SMILES string of the molecule is O=C1C[C@@H]2NCCO[C@@H]2C1. The zero-order valence-electron chi connectivity index (χ0n) is 5.80. The maximum absolute atomic E-state index is 10.9. The van der Waals surface area contributed by atoms with Crippen molar-refractivity contribution < 1.29 is 9.53 Å². The monoisotopic (exact) mass is 141 g/mol. The second-order valence-electron chi connectivity index (χ2n) is 2.92. The molecule has 0 aromatic carbocycles. The van der Waals surface area contributed by atoms with Gasteiger partial charge in [0, 0.05) is 25.4 Å². The summed E-state index contributed by atoms with van der Waals surface area (Å²) in [6, 6.07) is 0.321. The van der Waals surface area contributed by atoms with E-state index in [-0.39, 0.29) is 6.10 Å². The lowest BCUT2D eigenvalue weighted by molar-refractivity contribution is -0.118. The minimum Gasteiger partial charge on any atom is -0.375 e. The van der Waals surface area contributed by atoms with Gasteiger partial charge in [-0.25, -0.2) is 0 Å². The van der Waals surface area contributed by atoms with Crippen LogP contribution in [0.2, 0.25) is 0 Å². The first-order valence-electron chi connectivity index (χ1n) is 3.73. The molecule has 0 spiro atoms. The Morgan fingerprint density at radius 2 is 2.40 bits per heavy atom. The highest BCUT2D eigenvalue weighted by atomic mass is 16.5. The van der Waals surface area contributed by atoms with E-state index < -0.39 is 0 Å². The number of carbonyl (C=O) groups is 1. The van der Waals surface area contributed by atoms with Crippen LogP contribution >= 0.6 is 0 Å². The van der Waals surface area contributed by atoms with Crippen molar-refractivity contribution in [2.45, 2.75) is 25.0 Å². The highest BCUT2D eigenvalue weighted by molar-refractivity contribution is 5.82. The lowest BCUT2D eigenvalue weighted by Gasteiger charge is -2.25. The first kappa shape index (κ1) is 6.31. The Balaban J connectivity index is 2.04. The Hall–Kier alpha value is -0.410. The average molecular weight is 141 g/mol. The van der Waals surface area contributed by atoms with Crippen LogP contribution in [0.1, 0.15) is 12.8 Å². The van der Waals surface area contributed by atoms with Crippen molar-refractivity contribution in [1.29, 1.82) is 0 Å². The van der Waals surface area contributed by atoms with Gasteiger partial charge in [-0.15, -0.1) is 0 Å². The van der Waals surface area contributed by atoms with Gasteiger partial charge in [0.1, 0.15) is 5.78 Å². The summed E-state index contributed by atoms with van der Waals surface area (Å²) in [5.74, 6) is 0.337. The molecule has 0 aromatic rings. The largest absolute Gasteiger partial charge is 0.375 e. The summed E-state index contributed by atoms with van der Waals surface area (Å²) in [7, 11) is 0. The summed E-state index contributed by atoms with van der Waals surface area (Å²) < 4.78 is 5.39. The summed E-state index contributed by atoms with van der Waals surface area (Å²) in [5.41, 5.74) is 0. The molecule has 2 fully saturated rings. The molecular weight excluding hydrogens is 130 g/mol. The van der Waals surface area contributed by atoms with Gasteiger partial charge >= 0.3 is 0 Å². The van der Waals surface area contributed by atoms with E-state index in [1.807, 2.05) is 0 Å². The molecule has 0 amide bonds. The number of Topliss-reactive ketones (excluding diaryl/α,β-unsaturated/α-hetero) is 1. The molecule has 0 aromatic heterocycles. The van der Waals surface area contributed by atoms with Gasteiger partial charge in [-0.05, 0) is 0 Å². The maximum atomic E-state index is 10.9. The van der Waals surface area contributed by atoms with E-state index in [9.17, 15) is 4.79 Å². The van der Waals surface area contributed by atoms with E-state index >= 15 is 0 Å². The number of hydrogen-bond acceptors (Lipinski definition) is 3. The third-order valence-electron chi connectivity index (χ3n) is 2.17. The van der Waals surface area contributed by atoms with Crippen LogP contribution in [-0.4, -0.2) is 31.1 Å². The van der Waals surface area contributed by atoms with Gasteiger partial charge in [0.15, 0.2) is 0 Å². The zero-order valence-corrected chi connectivity index (χ0v) is 5.80. The summed E-state index contributed by atoms with van der Waals surface area (Å²) >= 11 is 0. The number of ether oxygens (including phenoxy) is 1. The lowest BCUT2D eigenvalue weighted by atomic mass is 10.2. The van der Waals surface area contributed by atoms with Crippen LogP contribution < -0.4 is 5.32 Å². The van der Waals surface area contributed by atoms with Crippen molar-refractivity contribution in [3.05, 3.63) is 0 Å². The molecule has 0 bridgehead atoms. The zero-order chi connectivity index (χ0) is 6.97. The molecule has 1 saturated heterocycles. The van der Waals surface area contributed by atoms with Crippen LogP contribution in [0.5, 0.6) is 0 Å². The quantitative estimate of drug-likeness (QED) is 0.503. The molecule has 10 heavy (non-hydrogen) atoms. The predicted molar refractivity (Wildman–Crippen MR) is 35.8 cm³/mol. The Kier molecular flexibility index (Phi) is 1.47. The smallest absolute Gasteiger partial charge is 0.137 e. The minimum absolute atomic E-state index is 0.182. The van der Waals surface area contributed by atoms with Crippen LogP contribution in [-0.2, 0) is 9.53 Å². The number of hydrogen-bond donors (Lipinski definition) is 1. The van der Waals surface area contributed by atoms with Gasteiger partial charge in [0.2, 0.25) is 0 Å². The van der Waals surface area contributed by atoms with Crippen LogP contribution in [0.3, 0.4) is 0 Å². The molecule has 1 heterocycles. The fourth-order valence-corrected chi connectivity index (χ4v) is 1.66. The molecule has 1 aliphatic heterocycles. The van der Waals surface area contributed by atoms with Gasteiger partial charge in [-0.3, -0.25) is 4.79 Å². The first-order chi connectivity index (χ1) is 4.86. The molecule has 2 aliphatic rings. The number of morpholine rings is 1. The molecular formula is C7H11NO2. The van der Waals surface area contributed by atoms with Crippen LogP contribution in [0.15, 0.2) is 0 Å². The van der Waals surface area contributed by atoms with Crippen molar-refractivity contribution >= 4 is 5.78 Å². The van der Waals surface area contributed by atoms with E-state index in [4.69, 9.17) is 4.74 Å². The molecule has 0 unspecified atom stereocenters. The molecule has 2 atom stereocenters. The molecule has 3 nitrogen and oxygen atoms in total. The molecule has 0 radical (unpaired) electrons. The second kappa shape index (κ2) is 2.32. The minimum atomic E-state index is 0.182. The van der Waals surface area contributed by atoms with Gasteiger partial charge < -0.3 is 10.1 Å². The van der Waals surface area contributed by atoms with E-state index in [2.05, 4.69) is 5.32 Å². The Bertz CT molecular complexity index is 142. The van der Waals surface area contributed by atoms with E-state index in [0.717, 1.165) is 13.2 Å². The molecule has 1 N–H and O–H groups in total. The second-order valence-corrected chi connectivity index (χ2v) is 2.92. The summed E-state index contributed by atoms with van der Waals surface area (Å²) in [6.45, 7) is 1.66. The number of fused-ring (bicyclic) bond motifs is 1. The third kappa shape index (κ3) is 0.954. The number of ketones is 1. The van der Waals surface area contributed by atoms with E-state index in [0.29, 0.717) is 24.7 Å². The fourth-order valence-electron chi connectivity index (χ4n) is 1.66. The standard InChI is InChI=1S/C7H11NO2/c9-5-3-6-7(4-5)10-2-1-8-6/h6-8H,1-4H2/t6-,7+/m0/s1. The van der Waals surface area contributed by atoms with Gasteiger partial charge in [-0.1, -0.05) is 0 Å². The topological polar surface area (TPSA) is 38.3 Å². The predicted octanol–water partition coefficient (Wildman–Crippen LogP) is -0.294. The highest BCUT2D eigenvalue weighted by Crippen LogP contribution is 2.20. The molecule has 2 rings (SSSR count). The lowest BCUT2D eigenvalue weighted by Crippen LogP contribution is -2.44. The van der Waals surface area contributed by atoms with Gasteiger partial charge in [-0.2, -0.15) is 0 Å². The highest BCUT2D eigenvalue weighted by Gasteiger charge is 2.35. The molecule has 3 heteroatoms. The fraction of sp³-hybridized carbons (Fsp3) is 0.857. The maximum Gasteiger partial charge on any atom is 0.137 e. The van der Waals surface area contributed by atoms with Gasteiger partial charge in [0.05, 0.1) is 12.7 Å².